The normalized spacial score (nSPS) is 13.1. The molecule has 1 aromatic rings. The summed E-state index contributed by atoms with van der Waals surface area (Å²) in [6.45, 7) is 2.07. The highest BCUT2D eigenvalue weighted by molar-refractivity contribution is 7.89. The summed E-state index contributed by atoms with van der Waals surface area (Å²) in [7, 11) is -3.19. The largest absolute Gasteiger partial charge is 0.329 e. The van der Waals surface area contributed by atoms with Gasteiger partial charge in [-0.3, -0.25) is 0 Å². The summed E-state index contributed by atoms with van der Waals surface area (Å²) in [6.07, 6.45) is 0.560. The molecule has 0 aliphatic heterocycles. The van der Waals surface area contributed by atoms with E-state index >= 15 is 0 Å². The molecule has 7 heteroatoms. The van der Waals surface area contributed by atoms with Gasteiger partial charge in [-0.15, -0.1) is 23.7 Å². The van der Waals surface area contributed by atoms with Gasteiger partial charge in [0.2, 0.25) is 10.0 Å². The molecular formula is C9H17ClN2O2S2. The second-order valence-electron chi connectivity index (χ2n) is 3.40. The van der Waals surface area contributed by atoms with E-state index in [0.717, 1.165) is 4.88 Å². The third kappa shape index (κ3) is 5.81. The topological polar surface area (TPSA) is 72.2 Å². The standard InChI is InChI=1S/C9H16N2O2S2.ClH/c1-8(7-10)11-15(12,13)6-4-9-3-2-5-14-9;/h2-3,5,8,11H,4,6-7,10H2,1H3;1H/t8-;/m0./s1. The average Bonchev–Trinajstić information content (AvgIpc) is 2.66. The van der Waals surface area contributed by atoms with Crippen molar-refractivity contribution in [2.45, 2.75) is 19.4 Å². The first-order valence-corrected chi connectivity index (χ1v) is 7.29. The lowest BCUT2D eigenvalue weighted by molar-refractivity contribution is 0.562. The lowest BCUT2D eigenvalue weighted by atomic mass is 10.4. The molecule has 0 saturated carbocycles. The molecule has 16 heavy (non-hydrogen) atoms. The minimum atomic E-state index is -3.19. The summed E-state index contributed by atoms with van der Waals surface area (Å²) in [6, 6.07) is 3.66. The monoisotopic (exact) mass is 284 g/mol. The number of sulfonamides is 1. The molecule has 0 saturated heterocycles. The Hall–Kier alpha value is -0.140. The molecule has 0 spiro atoms. The second kappa shape index (κ2) is 7.24. The molecule has 94 valence electrons. The molecule has 1 aromatic heterocycles. The van der Waals surface area contributed by atoms with Gasteiger partial charge in [0.15, 0.2) is 0 Å². The summed E-state index contributed by atoms with van der Waals surface area (Å²) in [4.78, 5) is 1.08. The summed E-state index contributed by atoms with van der Waals surface area (Å²) >= 11 is 1.57. The molecule has 1 atom stereocenters. The third-order valence-electron chi connectivity index (χ3n) is 1.93. The van der Waals surface area contributed by atoms with Crippen molar-refractivity contribution in [3.63, 3.8) is 0 Å². The van der Waals surface area contributed by atoms with Gasteiger partial charge in [-0.2, -0.15) is 0 Å². The van der Waals surface area contributed by atoms with Crippen LogP contribution in [0.1, 0.15) is 11.8 Å². The molecule has 0 aliphatic carbocycles. The number of thiophene rings is 1. The van der Waals surface area contributed by atoms with Crippen LogP contribution in [0.2, 0.25) is 0 Å². The van der Waals surface area contributed by atoms with Crippen LogP contribution in [0.3, 0.4) is 0 Å². The van der Waals surface area contributed by atoms with E-state index in [0.29, 0.717) is 13.0 Å². The number of hydrogen-bond donors (Lipinski definition) is 2. The highest BCUT2D eigenvalue weighted by atomic mass is 35.5. The van der Waals surface area contributed by atoms with E-state index in [2.05, 4.69) is 4.72 Å². The van der Waals surface area contributed by atoms with Crippen LogP contribution in [0.4, 0.5) is 0 Å². The zero-order valence-electron chi connectivity index (χ0n) is 9.05. The van der Waals surface area contributed by atoms with E-state index < -0.39 is 10.0 Å². The van der Waals surface area contributed by atoms with Gasteiger partial charge >= 0.3 is 0 Å². The molecule has 0 fully saturated rings. The van der Waals surface area contributed by atoms with E-state index in [9.17, 15) is 8.42 Å². The number of halogens is 1. The minimum Gasteiger partial charge on any atom is -0.329 e. The van der Waals surface area contributed by atoms with E-state index in [1.165, 1.54) is 0 Å². The molecule has 0 unspecified atom stereocenters. The van der Waals surface area contributed by atoms with Crippen molar-refractivity contribution in [1.29, 1.82) is 0 Å². The van der Waals surface area contributed by atoms with Gasteiger partial charge in [0.05, 0.1) is 5.75 Å². The van der Waals surface area contributed by atoms with Crippen molar-refractivity contribution in [3.8, 4) is 0 Å². The number of nitrogens with one attached hydrogen (secondary N) is 1. The van der Waals surface area contributed by atoms with E-state index in [4.69, 9.17) is 5.73 Å². The zero-order valence-corrected chi connectivity index (χ0v) is 11.5. The highest BCUT2D eigenvalue weighted by Gasteiger charge is 2.13. The zero-order chi connectivity index (χ0) is 11.3. The van der Waals surface area contributed by atoms with Crippen molar-refractivity contribution in [2.75, 3.05) is 12.3 Å². The van der Waals surface area contributed by atoms with Crippen molar-refractivity contribution in [3.05, 3.63) is 22.4 Å². The van der Waals surface area contributed by atoms with Crippen molar-refractivity contribution in [1.82, 2.24) is 4.72 Å². The smallest absolute Gasteiger partial charge is 0.212 e. The van der Waals surface area contributed by atoms with E-state index in [1.807, 2.05) is 17.5 Å². The molecule has 3 N–H and O–H groups in total. The first-order chi connectivity index (χ1) is 7.03. The molecule has 4 nitrogen and oxygen atoms in total. The summed E-state index contributed by atoms with van der Waals surface area (Å²) in [5.41, 5.74) is 5.35. The number of rotatable bonds is 6. The number of aryl methyl sites for hydroxylation is 1. The fourth-order valence-electron chi connectivity index (χ4n) is 1.10. The lowest BCUT2D eigenvalue weighted by Gasteiger charge is -2.11. The van der Waals surface area contributed by atoms with Crippen molar-refractivity contribution in [2.24, 2.45) is 5.73 Å². The molecule has 0 aromatic carbocycles. The molecule has 0 radical (unpaired) electrons. The highest BCUT2D eigenvalue weighted by Crippen LogP contribution is 2.09. The number of hydrogen-bond acceptors (Lipinski definition) is 4. The minimum absolute atomic E-state index is 0. The SMILES string of the molecule is C[C@@H](CN)NS(=O)(=O)CCc1cccs1.Cl. The second-order valence-corrected chi connectivity index (χ2v) is 6.31. The van der Waals surface area contributed by atoms with Crippen LogP contribution >= 0.6 is 23.7 Å². The van der Waals surface area contributed by atoms with Crippen LogP contribution in [0, 0.1) is 0 Å². The first kappa shape index (κ1) is 15.9. The third-order valence-corrected chi connectivity index (χ3v) is 4.37. The quantitative estimate of drug-likeness (QED) is 0.818. The Morgan fingerprint density at radius 3 is 2.75 bits per heavy atom. The van der Waals surface area contributed by atoms with E-state index in [1.54, 1.807) is 18.3 Å². The Bertz CT molecular complexity index is 378. The molecule has 0 bridgehead atoms. The molecule has 1 rings (SSSR count). The molecule has 0 amide bonds. The Labute approximate surface area is 107 Å². The van der Waals surface area contributed by atoms with Gasteiger partial charge in [-0.05, 0) is 24.8 Å². The fourth-order valence-corrected chi connectivity index (χ4v) is 3.26. The van der Waals surface area contributed by atoms with Crippen molar-refractivity contribution >= 4 is 33.8 Å². The Kier molecular flexibility index (Phi) is 7.17. The Morgan fingerprint density at radius 2 is 2.25 bits per heavy atom. The van der Waals surface area contributed by atoms with E-state index in [-0.39, 0.29) is 24.2 Å². The van der Waals surface area contributed by atoms with Gasteiger partial charge in [-0.25, -0.2) is 13.1 Å². The van der Waals surface area contributed by atoms with Crippen molar-refractivity contribution < 1.29 is 8.42 Å². The van der Waals surface area contributed by atoms with Crippen LogP contribution in [0.5, 0.6) is 0 Å². The summed E-state index contributed by atoms with van der Waals surface area (Å²) in [5, 5.41) is 1.94. The van der Waals surface area contributed by atoms with Gasteiger partial charge in [0, 0.05) is 17.5 Å². The summed E-state index contributed by atoms with van der Waals surface area (Å²) < 4.78 is 25.6. The van der Waals surface area contributed by atoms with Crippen LogP contribution < -0.4 is 10.5 Å². The number of nitrogens with two attached hydrogens (primary N) is 1. The average molecular weight is 285 g/mol. The van der Waals surface area contributed by atoms with Gasteiger partial charge in [-0.1, -0.05) is 6.07 Å². The maximum atomic E-state index is 11.5. The van der Waals surface area contributed by atoms with Crippen LogP contribution in [-0.4, -0.2) is 26.8 Å². The summed E-state index contributed by atoms with van der Waals surface area (Å²) in [5.74, 6) is 0.123. The molecule has 0 aliphatic rings. The predicted octanol–water partition coefficient (Wildman–Crippen LogP) is 0.979. The predicted molar refractivity (Wildman–Crippen MR) is 70.7 cm³/mol. The lowest BCUT2D eigenvalue weighted by Crippen LogP contribution is -2.39. The fraction of sp³-hybridized carbons (Fsp3) is 0.556. The molecule has 1 heterocycles. The maximum Gasteiger partial charge on any atom is 0.212 e. The first-order valence-electron chi connectivity index (χ1n) is 4.76. The van der Waals surface area contributed by atoms with Gasteiger partial charge < -0.3 is 5.73 Å². The van der Waals surface area contributed by atoms with Crippen LogP contribution in [0.15, 0.2) is 17.5 Å². The van der Waals surface area contributed by atoms with Gasteiger partial charge in [0.1, 0.15) is 0 Å². The Balaban J connectivity index is 0.00000225. The molecular weight excluding hydrogens is 268 g/mol. The van der Waals surface area contributed by atoms with Crippen LogP contribution in [-0.2, 0) is 16.4 Å². The van der Waals surface area contributed by atoms with Gasteiger partial charge in [0.25, 0.3) is 0 Å². The van der Waals surface area contributed by atoms with Crippen LogP contribution in [0.25, 0.3) is 0 Å². The maximum absolute atomic E-state index is 11.5. The Morgan fingerprint density at radius 1 is 1.56 bits per heavy atom.